The molecule has 0 radical (unpaired) electrons. The summed E-state index contributed by atoms with van der Waals surface area (Å²) in [6.45, 7) is -0.685. The minimum absolute atomic E-state index is 0.0669. The predicted molar refractivity (Wildman–Crippen MR) is 121 cm³/mol. The molecule has 0 saturated heterocycles. The van der Waals surface area contributed by atoms with Gasteiger partial charge in [-0.2, -0.15) is 0 Å². The molecule has 9 nitrogen and oxygen atoms in total. The number of ether oxygens (including phenoxy) is 2. The first kappa shape index (κ1) is 23.0. The number of amides is 4. The van der Waals surface area contributed by atoms with Crippen LogP contribution in [0.4, 0.5) is 16.2 Å². The Morgan fingerprint density at radius 3 is 2.15 bits per heavy atom. The summed E-state index contributed by atoms with van der Waals surface area (Å²) in [5.74, 6) is -1.43. The molecule has 0 unspecified atom stereocenters. The van der Waals surface area contributed by atoms with Gasteiger partial charge in [-0.3, -0.25) is 14.9 Å². The highest BCUT2D eigenvalue weighted by Gasteiger charge is 2.17. The number of benzene rings is 3. The van der Waals surface area contributed by atoms with Crippen molar-refractivity contribution in [2.45, 2.75) is 0 Å². The fourth-order valence-electron chi connectivity index (χ4n) is 2.76. The van der Waals surface area contributed by atoms with Crippen molar-refractivity contribution >= 4 is 35.2 Å². The monoisotopic (exact) mass is 447 g/mol. The summed E-state index contributed by atoms with van der Waals surface area (Å²) in [5, 5.41) is 7.19. The maximum absolute atomic E-state index is 12.5. The van der Waals surface area contributed by atoms with Crippen LogP contribution in [0, 0.1) is 0 Å². The first-order chi connectivity index (χ1) is 16.0. The van der Waals surface area contributed by atoms with Gasteiger partial charge in [-0.25, -0.2) is 9.59 Å². The SMILES string of the molecule is COc1ccc(NC(=O)NC(=O)COC(=O)c2ccccc2NC(=O)c2ccccc2)cc1. The van der Waals surface area contributed by atoms with E-state index in [9.17, 15) is 19.2 Å². The average molecular weight is 447 g/mol. The Morgan fingerprint density at radius 2 is 1.45 bits per heavy atom. The molecule has 3 aromatic carbocycles. The molecule has 0 bridgehead atoms. The van der Waals surface area contributed by atoms with E-state index >= 15 is 0 Å². The molecule has 0 aromatic heterocycles. The quantitative estimate of drug-likeness (QED) is 0.477. The molecule has 33 heavy (non-hydrogen) atoms. The van der Waals surface area contributed by atoms with E-state index in [0.717, 1.165) is 0 Å². The number of para-hydroxylation sites is 1. The van der Waals surface area contributed by atoms with E-state index in [1.165, 1.54) is 13.2 Å². The van der Waals surface area contributed by atoms with E-state index in [0.29, 0.717) is 17.0 Å². The Labute approximate surface area is 189 Å². The third kappa shape index (κ3) is 6.66. The van der Waals surface area contributed by atoms with Crippen LogP contribution in [0.25, 0.3) is 0 Å². The van der Waals surface area contributed by atoms with E-state index in [4.69, 9.17) is 9.47 Å². The number of hydrogen-bond donors (Lipinski definition) is 3. The number of urea groups is 1. The van der Waals surface area contributed by atoms with Crippen LogP contribution in [-0.4, -0.2) is 37.5 Å². The molecule has 0 saturated carbocycles. The van der Waals surface area contributed by atoms with Gasteiger partial charge in [0, 0.05) is 11.3 Å². The summed E-state index contributed by atoms with van der Waals surface area (Å²) in [6, 6.07) is 20.4. The highest BCUT2D eigenvalue weighted by molar-refractivity contribution is 6.08. The molecule has 3 aromatic rings. The standard InChI is InChI=1S/C24H21N3O6/c1-32-18-13-11-17(12-14-18)25-24(31)27-21(28)15-33-23(30)19-9-5-6-10-20(19)26-22(29)16-7-3-2-4-8-16/h2-14H,15H2,1H3,(H,26,29)(H2,25,27,28,31). The lowest BCUT2D eigenvalue weighted by atomic mass is 10.1. The number of nitrogens with one attached hydrogen (secondary N) is 3. The van der Waals surface area contributed by atoms with Crippen LogP contribution in [0.5, 0.6) is 5.75 Å². The minimum Gasteiger partial charge on any atom is -0.497 e. The van der Waals surface area contributed by atoms with Gasteiger partial charge in [-0.15, -0.1) is 0 Å². The highest BCUT2D eigenvalue weighted by atomic mass is 16.5. The summed E-state index contributed by atoms with van der Waals surface area (Å²) in [6.07, 6.45) is 0. The normalized spacial score (nSPS) is 9.97. The second-order valence-electron chi connectivity index (χ2n) is 6.67. The molecule has 3 N–H and O–H groups in total. The molecule has 0 fully saturated rings. The van der Waals surface area contributed by atoms with Gasteiger partial charge in [-0.1, -0.05) is 30.3 Å². The van der Waals surface area contributed by atoms with Gasteiger partial charge in [0.05, 0.1) is 18.4 Å². The van der Waals surface area contributed by atoms with Crippen LogP contribution in [0.15, 0.2) is 78.9 Å². The number of anilines is 2. The minimum atomic E-state index is -0.829. The zero-order valence-corrected chi connectivity index (χ0v) is 17.7. The van der Waals surface area contributed by atoms with Crippen LogP contribution in [-0.2, 0) is 9.53 Å². The lowest BCUT2D eigenvalue weighted by Gasteiger charge is -2.11. The highest BCUT2D eigenvalue weighted by Crippen LogP contribution is 2.18. The van der Waals surface area contributed by atoms with Crippen molar-refractivity contribution in [3.63, 3.8) is 0 Å². The topological polar surface area (TPSA) is 123 Å². The fourth-order valence-corrected chi connectivity index (χ4v) is 2.76. The maximum atomic E-state index is 12.5. The molecule has 0 spiro atoms. The molecular formula is C24H21N3O6. The van der Waals surface area contributed by atoms with Crippen LogP contribution in [0.1, 0.15) is 20.7 Å². The molecule has 4 amide bonds. The number of rotatable bonds is 7. The number of carbonyl (C=O) groups excluding carboxylic acids is 4. The summed E-state index contributed by atoms with van der Waals surface area (Å²) in [5.41, 5.74) is 1.16. The van der Waals surface area contributed by atoms with E-state index in [-0.39, 0.29) is 11.3 Å². The molecule has 0 aliphatic heterocycles. The van der Waals surface area contributed by atoms with Gasteiger partial charge in [0.1, 0.15) is 5.75 Å². The van der Waals surface area contributed by atoms with Crippen molar-refractivity contribution in [3.05, 3.63) is 90.0 Å². The molecular weight excluding hydrogens is 426 g/mol. The van der Waals surface area contributed by atoms with E-state index in [1.807, 2.05) is 0 Å². The van der Waals surface area contributed by atoms with Gasteiger partial charge in [0.2, 0.25) is 0 Å². The number of methoxy groups -OCH3 is 1. The molecule has 9 heteroatoms. The lowest BCUT2D eigenvalue weighted by Crippen LogP contribution is -2.37. The first-order valence-corrected chi connectivity index (χ1v) is 9.83. The van der Waals surface area contributed by atoms with Gasteiger partial charge >= 0.3 is 12.0 Å². The Kier molecular flexibility index (Phi) is 7.74. The number of esters is 1. The summed E-state index contributed by atoms with van der Waals surface area (Å²) in [4.78, 5) is 48.8. The van der Waals surface area contributed by atoms with E-state index in [1.54, 1.807) is 72.8 Å². The van der Waals surface area contributed by atoms with Crippen LogP contribution >= 0.6 is 0 Å². The van der Waals surface area contributed by atoms with Gasteiger partial charge in [-0.05, 0) is 48.5 Å². The number of imide groups is 1. The van der Waals surface area contributed by atoms with Crippen molar-refractivity contribution in [1.82, 2.24) is 5.32 Å². The molecule has 0 aliphatic rings. The van der Waals surface area contributed by atoms with Gasteiger partial charge in [0.25, 0.3) is 11.8 Å². The van der Waals surface area contributed by atoms with Gasteiger partial charge in [0.15, 0.2) is 6.61 Å². The van der Waals surface area contributed by atoms with Crippen LogP contribution < -0.4 is 20.7 Å². The summed E-state index contributed by atoms with van der Waals surface area (Å²) in [7, 11) is 1.52. The Hall–Kier alpha value is -4.66. The smallest absolute Gasteiger partial charge is 0.340 e. The first-order valence-electron chi connectivity index (χ1n) is 9.83. The molecule has 168 valence electrons. The van der Waals surface area contributed by atoms with Crippen molar-refractivity contribution in [2.24, 2.45) is 0 Å². The molecule has 0 aliphatic carbocycles. The maximum Gasteiger partial charge on any atom is 0.340 e. The average Bonchev–Trinajstić information content (AvgIpc) is 2.84. The summed E-state index contributed by atoms with van der Waals surface area (Å²) >= 11 is 0. The second kappa shape index (κ2) is 11.1. The van der Waals surface area contributed by atoms with E-state index in [2.05, 4.69) is 16.0 Å². The van der Waals surface area contributed by atoms with Gasteiger partial charge < -0.3 is 20.1 Å². The third-order valence-electron chi connectivity index (χ3n) is 4.37. The van der Waals surface area contributed by atoms with Crippen molar-refractivity contribution < 1.29 is 28.7 Å². The van der Waals surface area contributed by atoms with Crippen LogP contribution in [0.2, 0.25) is 0 Å². The van der Waals surface area contributed by atoms with Crippen molar-refractivity contribution in [2.75, 3.05) is 24.4 Å². The number of hydrogen-bond acceptors (Lipinski definition) is 6. The lowest BCUT2D eigenvalue weighted by molar-refractivity contribution is -0.123. The molecule has 0 heterocycles. The number of carbonyl (C=O) groups is 4. The molecule has 3 rings (SSSR count). The molecule has 0 atom stereocenters. The Morgan fingerprint density at radius 1 is 0.788 bits per heavy atom. The largest absolute Gasteiger partial charge is 0.497 e. The zero-order valence-electron chi connectivity index (χ0n) is 17.7. The van der Waals surface area contributed by atoms with Crippen LogP contribution in [0.3, 0.4) is 0 Å². The fraction of sp³-hybridized carbons (Fsp3) is 0.0833. The third-order valence-corrected chi connectivity index (χ3v) is 4.37. The predicted octanol–water partition coefficient (Wildman–Crippen LogP) is 3.45. The zero-order chi connectivity index (χ0) is 23.6. The Balaban J connectivity index is 1.53. The Bertz CT molecular complexity index is 1150. The summed E-state index contributed by atoms with van der Waals surface area (Å²) < 4.78 is 10.0. The van der Waals surface area contributed by atoms with Crippen molar-refractivity contribution in [1.29, 1.82) is 0 Å². The van der Waals surface area contributed by atoms with E-state index < -0.39 is 30.4 Å². The van der Waals surface area contributed by atoms with Crippen molar-refractivity contribution in [3.8, 4) is 5.75 Å². The second-order valence-corrected chi connectivity index (χ2v) is 6.67.